The van der Waals surface area contributed by atoms with Crippen LogP contribution in [0.5, 0.6) is 0 Å². The fourth-order valence-corrected chi connectivity index (χ4v) is 5.48. The second kappa shape index (κ2) is 7.84. The highest BCUT2D eigenvalue weighted by molar-refractivity contribution is 8.07. The number of hydrogen-bond donors (Lipinski definition) is 1. The Bertz CT molecular complexity index is 456. The van der Waals surface area contributed by atoms with Crippen LogP contribution in [0.3, 0.4) is 0 Å². The van der Waals surface area contributed by atoms with Crippen LogP contribution in [0, 0.1) is 13.8 Å². The van der Waals surface area contributed by atoms with Crippen LogP contribution in [0.2, 0.25) is 0 Å². The van der Waals surface area contributed by atoms with Gasteiger partial charge in [-0.15, -0.1) is 11.8 Å². The maximum absolute atomic E-state index is 4.83. The molecule has 1 aromatic rings. The topological polar surface area (TPSA) is 37.8 Å². The standard InChI is InChI=1S/C16H27N3S2/c1-10-14(7-6-8-17-5)11(2)19-16(18-10)15-9-20-12(3)13(4)21-15/h12-13,15,17H,6-9H2,1-5H3. The van der Waals surface area contributed by atoms with Crippen LogP contribution in [0.1, 0.15) is 48.3 Å². The number of aromatic nitrogens is 2. The van der Waals surface area contributed by atoms with E-state index in [0.717, 1.165) is 36.2 Å². The molecule has 0 amide bonds. The predicted molar refractivity (Wildman–Crippen MR) is 95.5 cm³/mol. The first kappa shape index (κ1) is 17.1. The van der Waals surface area contributed by atoms with Gasteiger partial charge >= 0.3 is 0 Å². The largest absolute Gasteiger partial charge is 0.320 e. The molecule has 1 fully saturated rings. The number of nitrogens with zero attached hydrogens (tertiary/aromatic N) is 2. The van der Waals surface area contributed by atoms with Crippen LogP contribution < -0.4 is 5.32 Å². The minimum atomic E-state index is 0.449. The van der Waals surface area contributed by atoms with Gasteiger partial charge in [0.05, 0.1) is 5.25 Å². The molecule has 3 atom stereocenters. The Balaban J connectivity index is 2.12. The molecule has 0 aromatic carbocycles. The van der Waals surface area contributed by atoms with E-state index >= 15 is 0 Å². The van der Waals surface area contributed by atoms with Crippen molar-refractivity contribution in [3.63, 3.8) is 0 Å². The lowest BCUT2D eigenvalue weighted by Gasteiger charge is -2.30. The van der Waals surface area contributed by atoms with Crippen LogP contribution in [-0.4, -0.2) is 39.8 Å². The maximum atomic E-state index is 4.83. The van der Waals surface area contributed by atoms with Crippen molar-refractivity contribution in [3.05, 3.63) is 22.8 Å². The van der Waals surface area contributed by atoms with Gasteiger partial charge in [0.25, 0.3) is 0 Å². The van der Waals surface area contributed by atoms with Crippen molar-refractivity contribution in [2.75, 3.05) is 19.3 Å². The molecule has 0 bridgehead atoms. The number of rotatable bonds is 5. The third-order valence-electron chi connectivity index (χ3n) is 4.13. The summed E-state index contributed by atoms with van der Waals surface area (Å²) in [6, 6.07) is 0. The van der Waals surface area contributed by atoms with Crippen molar-refractivity contribution in [2.24, 2.45) is 0 Å². The van der Waals surface area contributed by atoms with Crippen molar-refractivity contribution >= 4 is 23.5 Å². The lowest BCUT2D eigenvalue weighted by molar-refractivity contribution is 0.711. The Morgan fingerprint density at radius 3 is 2.38 bits per heavy atom. The highest BCUT2D eigenvalue weighted by Gasteiger charge is 2.29. The van der Waals surface area contributed by atoms with Crippen LogP contribution in [0.4, 0.5) is 0 Å². The third kappa shape index (κ3) is 4.36. The minimum Gasteiger partial charge on any atom is -0.320 e. The minimum absolute atomic E-state index is 0.449. The monoisotopic (exact) mass is 325 g/mol. The Morgan fingerprint density at radius 1 is 1.14 bits per heavy atom. The summed E-state index contributed by atoms with van der Waals surface area (Å²) in [5.74, 6) is 2.17. The van der Waals surface area contributed by atoms with Gasteiger partial charge in [0.2, 0.25) is 0 Å². The van der Waals surface area contributed by atoms with Crippen LogP contribution >= 0.6 is 23.5 Å². The maximum Gasteiger partial charge on any atom is 0.142 e. The summed E-state index contributed by atoms with van der Waals surface area (Å²) < 4.78 is 0. The van der Waals surface area contributed by atoms with E-state index in [1.165, 1.54) is 17.0 Å². The van der Waals surface area contributed by atoms with Gasteiger partial charge in [-0.3, -0.25) is 0 Å². The van der Waals surface area contributed by atoms with Crippen LogP contribution in [0.25, 0.3) is 0 Å². The molecule has 0 spiro atoms. The smallest absolute Gasteiger partial charge is 0.142 e. The second-order valence-corrected chi connectivity index (χ2v) is 8.80. The van der Waals surface area contributed by atoms with E-state index in [1.54, 1.807) is 0 Å². The lowest BCUT2D eigenvalue weighted by Crippen LogP contribution is -2.23. The summed E-state index contributed by atoms with van der Waals surface area (Å²) in [5.41, 5.74) is 3.68. The van der Waals surface area contributed by atoms with Gasteiger partial charge in [0, 0.05) is 27.6 Å². The molecule has 3 nitrogen and oxygen atoms in total. The van der Waals surface area contributed by atoms with E-state index in [2.05, 4.69) is 44.8 Å². The highest BCUT2D eigenvalue weighted by atomic mass is 32.2. The summed E-state index contributed by atoms with van der Waals surface area (Å²) in [4.78, 5) is 9.66. The van der Waals surface area contributed by atoms with E-state index in [-0.39, 0.29) is 0 Å². The fraction of sp³-hybridized carbons (Fsp3) is 0.750. The number of nitrogens with one attached hydrogen (secondary N) is 1. The lowest BCUT2D eigenvalue weighted by atomic mass is 10.1. The average Bonchev–Trinajstić information content (AvgIpc) is 2.44. The van der Waals surface area contributed by atoms with Gasteiger partial charge in [-0.2, -0.15) is 11.8 Å². The normalized spacial score (nSPS) is 26.0. The second-order valence-electron chi connectivity index (χ2n) is 5.81. The van der Waals surface area contributed by atoms with Gasteiger partial charge in [-0.1, -0.05) is 13.8 Å². The first-order valence-electron chi connectivity index (χ1n) is 7.78. The molecule has 1 aliphatic rings. The molecule has 1 saturated heterocycles. The molecule has 21 heavy (non-hydrogen) atoms. The summed E-state index contributed by atoms with van der Waals surface area (Å²) >= 11 is 4.09. The Labute approximate surface area is 137 Å². The number of aryl methyl sites for hydroxylation is 2. The third-order valence-corrected chi connectivity index (χ3v) is 7.52. The van der Waals surface area contributed by atoms with Gasteiger partial charge in [0.1, 0.15) is 5.82 Å². The summed E-state index contributed by atoms with van der Waals surface area (Å²) in [7, 11) is 2.00. The van der Waals surface area contributed by atoms with Gasteiger partial charge < -0.3 is 5.32 Å². The van der Waals surface area contributed by atoms with Crippen molar-refractivity contribution < 1.29 is 0 Å². The summed E-state index contributed by atoms with van der Waals surface area (Å²) in [5, 5.41) is 5.06. The predicted octanol–water partition coefficient (Wildman–Crippen LogP) is 3.54. The summed E-state index contributed by atoms with van der Waals surface area (Å²) in [6.07, 6.45) is 2.21. The van der Waals surface area contributed by atoms with Gasteiger partial charge in [-0.25, -0.2) is 9.97 Å². The zero-order valence-corrected chi connectivity index (χ0v) is 15.4. The van der Waals surface area contributed by atoms with E-state index < -0.39 is 0 Å². The van der Waals surface area contributed by atoms with Gasteiger partial charge in [0.15, 0.2) is 0 Å². The number of hydrogen-bond acceptors (Lipinski definition) is 5. The Hall–Kier alpha value is -0.260. The molecular weight excluding hydrogens is 298 g/mol. The molecule has 1 N–H and O–H groups in total. The fourth-order valence-electron chi connectivity index (χ4n) is 2.63. The van der Waals surface area contributed by atoms with Crippen molar-refractivity contribution in [3.8, 4) is 0 Å². The molecule has 1 aliphatic heterocycles. The molecule has 0 radical (unpaired) electrons. The molecule has 2 heterocycles. The average molecular weight is 326 g/mol. The van der Waals surface area contributed by atoms with E-state index in [4.69, 9.17) is 9.97 Å². The highest BCUT2D eigenvalue weighted by Crippen LogP contribution is 2.43. The van der Waals surface area contributed by atoms with Crippen molar-refractivity contribution in [1.29, 1.82) is 0 Å². The van der Waals surface area contributed by atoms with E-state index in [9.17, 15) is 0 Å². The Morgan fingerprint density at radius 2 is 1.81 bits per heavy atom. The molecular formula is C16H27N3S2. The zero-order valence-electron chi connectivity index (χ0n) is 13.8. The van der Waals surface area contributed by atoms with E-state index in [0.29, 0.717) is 10.5 Å². The molecule has 1 aromatic heterocycles. The van der Waals surface area contributed by atoms with Crippen molar-refractivity contribution in [2.45, 2.75) is 56.3 Å². The first-order chi connectivity index (χ1) is 10.0. The van der Waals surface area contributed by atoms with Gasteiger partial charge in [-0.05, 0) is 45.8 Å². The van der Waals surface area contributed by atoms with E-state index in [1.807, 2.05) is 18.8 Å². The first-order valence-corrected chi connectivity index (χ1v) is 9.77. The zero-order chi connectivity index (χ0) is 15.4. The van der Waals surface area contributed by atoms with Crippen LogP contribution in [0.15, 0.2) is 0 Å². The van der Waals surface area contributed by atoms with Crippen LogP contribution in [-0.2, 0) is 6.42 Å². The molecule has 0 aliphatic carbocycles. The Kier molecular flexibility index (Phi) is 6.38. The molecule has 118 valence electrons. The summed E-state index contributed by atoms with van der Waals surface area (Å²) in [6.45, 7) is 9.96. The quantitative estimate of drug-likeness (QED) is 0.838. The molecule has 5 heteroatoms. The SMILES string of the molecule is CNCCCc1c(C)nc(C2CSC(C)C(C)S2)nc1C. The van der Waals surface area contributed by atoms with Crippen molar-refractivity contribution in [1.82, 2.24) is 15.3 Å². The molecule has 0 saturated carbocycles. The molecule has 3 unspecified atom stereocenters. The molecule has 2 rings (SSSR count). The number of thioether (sulfide) groups is 2.